The number of nitrogens with two attached hydrogens (primary N) is 1. The molecule has 0 saturated heterocycles. The van der Waals surface area contributed by atoms with Crippen LogP contribution in [0.3, 0.4) is 0 Å². The second-order valence-corrected chi connectivity index (χ2v) is 4.61. The Balaban J connectivity index is 3.94. The largest absolute Gasteiger partial charge is 0.385 e. The second-order valence-electron chi connectivity index (χ2n) is 4.61. The van der Waals surface area contributed by atoms with E-state index in [2.05, 4.69) is 19.2 Å². The minimum Gasteiger partial charge on any atom is -0.385 e. The molecule has 5 heteroatoms. The van der Waals surface area contributed by atoms with Crippen LogP contribution in [-0.4, -0.2) is 56.7 Å². The molecule has 1 unspecified atom stereocenters. The summed E-state index contributed by atoms with van der Waals surface area (Å²) in [6.45, 7) is 6.42. The fourth-order valence-corrected chi connectivity index (χ4v) is 1.48. The van der Waals surface area contributed by atoms with Gasteiger partial charge in [-0.25, -0.2) is 0 Å². The highest BCUT2D eigenvalue weighted by atomic mass is 16.5. The van der Waals surface area contributed by atoms with E-state index in [0.29, 0.717) is 26.2 Å². The Morgan fingerprint density at radius 2 is 2.18 bits per heavy atom. The molecular weight excluding hydrogens is 218 g/mol. The van der Waals surface area contributed by atoms with E-state index >= 15 is 0 Å². The van der Waals surface area contributed by atoms with Crippen molar-refractivity contribution >= 4 is 5.91 Å². The molecule has 0 aliphatic heterocycles. The quantitative estimate of drug-likeness (QED) is 0.569. The highest BCUT2D eigenvalue weighted by Crippen LogP contribution is 2.15. The van der Waals surface area contributed by atoms with Crippen LogP contribution in [0, 0.1) is 0 Å². The standard InChI is InChI=1S/C12H27N3O2/c1-5-12(2,10-13)15(3)9-11(16)14-7-6-8-17-4/h5-10,13H2,1-4H3,(H,14,16). The van der Waals surface area contributed by atoms with Gasteiger partial charge in [-0.2, -0.15) is 0 Å². The summed E-state index contributed by atoms with van der Waals surface area (Å²) >= 11 is 0. The zero-order valence-electron chi connectivity index (χ0n) is 11.6. The molecule has 1 atom stereocenters. The van der Waals surface area contributed by atoms with Gasteiger partial charge in [0.25, 0.3) is 0 Å². The summed E-state index contributed by atoms with van der Waals surface area (Å²) in [5.74, 6) is 0.0386. The Kier molecular flexibility index (Phi) is 8.12. The van der Waals surface area contributed by atoms with Crippen molar-refractivity contribution in [2.75, 3.05) is 40.4 Å². The smallest absolute Gasteiger partial charge is 0.234 e. The molecule has 0 aromatic carbocycles. The molecule has 0 aliphatic carbocycles. The maximum atomic E-state index is 11.7. The van der Waals surface area contributed by atoms with E-state index in [-0.39, 0.29) is 11.4 Å². The molecule has 0 radical (unpaired) electrons. The van der Waals surface area contributed by atoms with Crippen molar-refractivity contribution in [2.24, 2.45) is 5.73 Å². The van der Waals surface area contributed by atoms with E-state index in [4.69, 9.17) is 10.5 Å². The van der Waals surface area contributed by atoms with Crippen LogP contribution in [-0.2, 0) is 9.53 Å². The van der Waals surface area contributed by atoms with Crippen LogP contribution in [0.4, 0.5) is 0 Å². The van der Waals surface area contributed by atoms with Crippen LogP contribution in [0.15, 0.2) is 0 Å². The monoisotopic (exact) mass is 245 g/mol. The molecule has 1 amide bonds. The topological polar surface area (TPSA) is 67.6 Å². The van der Waals surface area contributed by atoms with Gasteiger partial charge in [0, 0.05) is 32.3 Å². The molecule has 0 aromatic heterocycles. The van der Waals surface area contributed by atoms with Gasteiger partial charge in [0.2, 0.25) is 5.91 Å². The molecule has 0 bridgehead atoms. The molecule has 0 aromatic rings. The summed E-state index contributed by atoms with van der Waals surface area (Å²) in [5, 5.41) is 2.87. The first-order valence-electron chi connectivity index (χ1n) is 6.17. The lowest BCUT2D eigenvalue weighted by molar-refractivity contribution is -0.123. The minimum absolute atomic E-state index is 0.0386. The number of nitrogens with zero attached hydrogens (tertiary/aromatic N) is 1. The number of nitrogens with one attached hydrogen (secondary N) is 1. The number of carbonyl (C=O) groups excluding carboxylic acids is 1. The third kappa shape index (κ3) is 6.00. The zero-order chi connectivity index (χ0) is 13.3. The summed E-state index contributed by atoms with van der Waals surface area (Å²) in [6.07, 6.45) is 1.77. The average molecular weight is 245 g/mol. The van der Waals surface area contributed by atoms with Gasteiger partial charge in [-0.3, -0.25) is 9.69 Å². The zero-order valence-corrected chi connectivity index (χ0v) is 11.6. The highest BCUT2D eigenvalue weighted by Gasteiger charge is 2.26. The first-order chi connectivity index (χ1) is 8.00. The molecule has 102 valence electrons. The fourth-order valence-electron chi connectivity index (χ4n) is 1.48. The summed E-state index contributed by atoms with van der Waals surface area (Å²) in [4.78, 5) is 13.7. The first kappa shape index (κ1) is 16.4. The summed E-state index contributed by atoms with van der Waals surface area (Å²) < 4.78 is 4.92. The normalized spacial score (nSPS) is 14.7. The minimum atomic E-state index is -0.107. The van der Waals surface area contributed by atoms with Crippen LogP contribution in [0.1, 0.15) is 26.7 Å². The van der Waals surface area contributed by atoms with Crippen molar-refractivity contribution in [2.45, 2.75) is 32.2 Å². The molecule has 3 N–H and O–H groups in total. The Morgan fingerprint density at radius 3 is 2.65 bits per heavy atom. The highest BCUT2D eigenvalue weighted by molar-refractivity contribution is 5.78. The predicted molar refractivity (Wildman–Crippen MR) is 69.9 cm³/mol. The van der Waals surface area contributed by atoms with Gasteiger partial charge < -0.3 is 15.8 Å². The number of ether oxygens (including phenoxy) is 1. The molecule has 17 heavy (non-hydrogen) atoms. The molecule has 0 aliphatic rings. The molecule has 0 spiro atoms. The van der Waals surface area contributed by atoms with E-state index in [1.165, 1.54) is 0 Å². The van der Waals surface area contributed by atoms with Crippen molar-refractivity contribution in [3.8, 4) is 0 Å². The van der Waals surface area contributed by atoms with Gasteiger partial charge in [-0.1, -0.05) is 6.92 Å². The van der Waals surface area contributed by atoms with Crippen LogP contribution in [0.5, 0.6) is 0 Å². The molecule has 0 saturated carbocycles. The maximum Gasteiger partial charge on any atom is 0.234 e. The Hall–Kier alpha value is -0.650. The molecule has 0 fully saturated rings. The van der Waals surface area contributed by atoms with E-state index in [0.717, 1.165) is 12.8 Å². The number of likely N-dealkylation sites (N-methyl/N-ethyl adjacent to an activating group) is 1. The third-order valence-corrected chi connectivity index (χ3v) is 3.35. The lowest BCUT2D eigenvalue weighted by Gasteiger charge is -2.36. The van der Waals surface area contributed by atoms with E-state index in [9.17, 15) is 4.79 Å². The van der Waals surface area contributed by atoms with Crippen LogP contribution in [0.25, 0.3) is 0 Å². The molecule has 0 rings (SSSR count). The number of amides is 1. The number of methoxy groups -OCH3 is 1. The lowest BCUT2D eigenvalue weighted by Crippen LogP contribution is -2.52. The molecule has 0 heterocycles. The van der Waals surface area contributed by atoms with Crippen LogP contribution < -0.4 is 11.1 Å². The third-order valence-electron chi connectivity index (χ3n) is 3.35. The predicted octanol–water partition coefficient (Wildman–Crippen LogP) is 0.198. The summed E-state index contributed by atoms with van der Waals surface area (Å²) in [6, 6.07) is 0. The van der Waals surface area contributed by atoms with Crippen LogP contribution >= 0.6 is 0 Å². The van der Waals surface area contributed by atoms with E-state index in [1.807, 2.05) is 11.9 Å². The number of hydrogen-bond acceptors (Lipinski definition) is 4. The Labute approximate surface area is 105 Å². The Bertz CT molecular complexity index is 218. The molecule has 5 nitrogen and oxygen atoms in total. The second kappa shape index (κ2) is 8.44. The van der Waals surface area contributed by atoms with Gasteiger partial charge in [0.05, 0.1) is 6.54 Å². The molecular formula is C12H27N3O2. The van der Waals surface area contributed by atoms with E-state index in [1.54, 1.807) is 7.11 Å². The van der Waals surface area contributed by atoms with Crippen molar-refractivity contribution in [3.63, 3.8) is 0 Å². The first-order valence-corrected chi connectivity index (χ1v) is 6.17. The Morgan fingerprint density at radius 1 is 1.53 bits per heavy atom. The maximum absolute atomic E-state index is 11.7. The fraction of sp³-hybridized carbons (Fsp3) is 0.917. The summed E-state index contributed by atoms with van der Waals surface area (Å²) in [7, 11) is 3.59. The van der Waals surface area contributed by atoms with E-state index < -0.39 is 0 Å². The van der Waals surface area contributed by atoms with Crippen LogP contribution in [0.2, 0.25) is 0 Å². The van der Waals surface area contributed by atoms with Gasteiger partial charge in [0.1, 0.15) is 0 Å². The number of carbonyl (C=O) groups is 1. The van der Waals surface area contributed by atoms with Crippen molar-refractivity contribution in [3.05, 3.63) is 0 Å². The number of rotatable bonds is 9. The van der Waals surface area contributed by atoms with Gasteiger partial charge in [-0.15, -0.1) is 0 Å². The van der Waals surface area contributed by atoms with Crippen molar-refractivity contribution in [1.82, 2.24) is 10.2 Å². The lowest BCUT2D eigenvalue weighted by atomic mass is 9.97. The van der Waals surface area contributed by atoms with Crippen molar-refractivity contribution < 1.29 is 9.53 Å². The average Bonchev–Trinajstić information content (AvgIpc) is 2.33. The number of hydrogen-bond donors (Lipinski definition) is 2. The SMILES string of the molecule is CCC(C)(CN)N(C)CC(=O)NCCCOC. The van der Waals surface area contributed by atoms with Gasteiger partial charge >= 0.3 is 0 Å². The van der Waals surface area contributed by atoms with Gasteiger partial charge in [0.15, 0.2) is 0 Å². The summed E-state index contributed by atoms with van der Waals surface area (Å²) in [5.41, 5.74) is 5.64. The van der Waals surface area contributed by atoms with Crippen molar-refractivity contribution in [1.29, 1.82) is 0 Å². The van der Waals surface area contributed by atoms with Gasteiger partial charge in [-0.05, 0) is 26.8 Å².